The number of nitrogens with zero attached hydrogens (tertiary/aromatic N) is 1. The lowest BCUT2D eigenvalue weighted by molar-refractivity contribution is -0.870. The maximum absolute atomic E-state index is 12.6. The van der Waals surface area contributed by atoms with Crippen molar-refractivity contribution in [3.8, 4) is 0 Å². The first kappa shape index (κ1) is 48.5. The van der Waals surface area contributed by atoms with E-state index in [0.29, 0.717) is 23.9 Å². The zero-order valence-corrected chi connectivity index (χ0v) is 33.7. The number of phosphoric ester groups is 1. The maximum Gasteiger partial charge on any atom is 0.306 e. The number of ether oxygens (including phenoxy) is 2. The minimum atomic E-state index is -4.62. The maximum atomic E-state index is 12.6. The van der Waals surface area contributed by atoms with E-state index in [1.165, 1.54) is 70.6 Å². The van der Waals surface area contributed by atoms with Crippen LogP contribution in [0.4, 0.5) is 0 Å². The van der Waals surface area contributed by atoms with Crippen LogP contribution in [-0.4, -0.2) is 70.0 Å². The van der Waals surface area contributed by atoms with Crippen molar-refractivity contribution in [2.45, 2.75) is 174 Å². The van der Waals surface area contributed by atoms with Gasteiger partial charge in [0.2, 0.25) is 0 Å². The average Bonchev–Trinajstić information content (AvgIpc) is 3.06. The Bertz CT molecular complexity index is 918. The van der Waals surface area contributed by atoms with Gasteiger partial charge in [-0.05, 0) is 38.5 Å². The van der Waals surface area contributed by atoms with Crippen LogP contribution in [0.15, 0.2) is 24.3 Å². The molecule has 0 bridgehead atoms. The number of rotatable bonds is 36. The van der Waals surface area contributed by atoms with Gasteiger partial charge in [0.1, 0.15) is 19.8 Å². The second kappa shape index (κ2) is 33.3. The van der Waals surface area contributed by atoms with Gasteiger partial charge in [-0.1, -0.05) is 141 Å². The largest absolute Gasteiger partial charge is 0.756 e. The Balaban J connectivity index is 4.42. The first-order valence-corrected chi connectivity index (χ1v) is 21.5. The normalized spacial score (nSPS) is 14.0. The van der Waals surface area contributed by atoms with E-state index in [9.17, 15) is 19.0 Å². The van der Waals surface area contributed by atoms with Crippen LogP contribution >= 0.6 is 7.82 Å². The highest BCUT2D eigenvalue weighted by molar-refractivity contribution is 7.45. The molecule has 294 valence electrons. The molecule has 50 heavy (non-hydrogen) atoms. The van der Waals surface area contributed by atoms with E-state index in [1.54, 1.807) is 0 Å². The molecule has 0 aliphatic rings. The molecule has 0 saturated carbocycles. The molecule has 0 aromatic rings. The zero-order valence-electron chi connectivity index (χ0n) is 32.8. The van der Waals surface area contributed by atoms with Crippen molar-refractivity contribution in [3.05, 3.63) is 24.3 Å². The molecular formula is C40H76NO8P. The molecule has 1 unspecified atom stereocenters. The molecule has 0 aliphatic heterocycles. The van der Waals surface area contributed by atoms with Gasteiger partial charge < -0.3 is 27.9 Å². The molecule has 2 atom stereocenters. The van der Waals surface area contributed by atoms with Gasteiger partial charge in [0.25, 0.3) is 7.82 Å². The lowest BCUT2D eigenvalue weighted by Crippen LogP contribution is -2.37. The van der Waals surface area contributed by atoms with Crippen LogP contribution in [0.5, 0.6) is 0 Å². The predicted molar refractivity (Wildman–Crippen MR) is 204 cm³/mol. The average molecular weight is 730 g/mol. The van der Waals surface area contributed by atoms with Crippen LogP contribution in [0.25, 0.3) is 0 Å². The Hall–Kier alpha value is -1.51. The summed E-state index contributed by atoms with van der Waals surface area (Å²) in [6.07, 6.45) is 33.4. The summed E-state index contributed by atoms with van der Waals surface area (Å²) in [4.78, 5) is 37.3. The molecule has 9 nitrogen and oxygen atoms in total. The summed E-state index contributed by atoms with van der Waals surface area (Å²) in [6, 6.07) is 0. The molecule has 0 aromatic carbocycles. The third-order valence-corrected chi connectivity index (χ3v) is 9.47. The van der Waals surface area contributed by atoms with Crippen molar-refractivity contribution in [1.29, 1.82) is 0 Å². The van der Waals surface area contributed by atoms with E-state index in [1.807, 2.05) is 21.1 Å². The molecule has 0 aliphatic carbocycles. The number of allylic oxidation sites excluding steroid dienone is 4. The summed E-state index contributed by atoms with van der Waals surface area (Å²) in [5, 5.41) is 0. The van der Waals surface area contributed by atoms with Crippen LogP contribution in [0.3, 0.4) is 0 Å². The van der Waals surface area contributed by atoms with Crippen molar-refractivity contribution in [3.63, 3.8) is 0 Å². The summed E-state index contributed by atoms with van der Waals surface area (Å²) in [5.74, 6) is -0.851. The molecule has 0 aromatic heterocycles. The number of hydrogen-bond acceptors (Lipinski definition) is 8. The van der Waals surface area contributed by atoms with Crippen molar-refractivity contribution in [1.82, 2.24) is 0 Å². The van der Waals surface area contributed by atoms with Gasteiger partial charge in [-0.2, -0.15) is 0 Å². The lowest BCUT2D eigenvalue weighted by atomic mass is 10.1. The molecule has 0 heterocycles. The number of quaternary nitrogens is 1. The third-order valence-electron chi connectivity index (χ3n) is 8.50. The fourth-order valence-electron chi connectivity index (χ4n) is 5.29. The van der Waals surface area contributed by atoms with Gasteiger partial charge in [0.15, 0.2) is 6.10 Å². The smallest absolute Gasteiger partial charge is 0.306 e. The first-order valence-electron chi connectivity index (χ1n) is 20.1. The molecular weight excluding hydrogens is 653 g/mol. The first-order chi connectivity index (χ1) is 24.0. The molecule has 0 spiro atoms. The van der Waals surface area contributed by atoms with Gasteiger partial charge in [-0.3, -0.25) is 14.2 Å². The molecule has 0 saturated heterocycles. The highest BCUT2D eigenvalue weighted by atomic mass is 31.2. The summed E-state index contributed by atoms with van der Waals surface area (Å²) in [5.41, 5.74) is 0. The van der Waals surface area contributed by atoms with Crippen LogP contribution in [0.1, 0.15) is 168 Å². The number of esters is 2. The SMILES string of the molecule is CCCCCC/C=C/C=C/CCCCCCCC(=O)OC[C@H](COP(=O)([O-])OCC[N+](C)(C)C)OC(=O)CCCCCCCCCCCCC. The molecule has 0 radical (unpaired) electrons. The quantitative estimate of drug-likeness (QED) is 0.0206. The fourth-order valence-corrected chi connectivity index (χ4v) is 6.02. The highest BCUT2D eigenvalue weighted by Crippen LogP contribution is 2.38. The Morgan fingerprint density at radius 3 is 1.56 bits per heavy atom. The summed E-state index contributed by atoms with van der Waals surface area (Å²) < 4.78 is 33.7. The Morgan fingerprint density at radius 1 is 0.620 bits per heavy atom. The highest BCUT2D eigenvalue weighted by Gasteiger charge is 2.21. The number of likely N-dealkylation sites (N-methyl/N-ethyl adjacent to an activating group) is 1. The van der Waals surface area contributed by atoms with Crippen molar-refractivity contribution in [2.24, 2.45) is 0 Å². The topological polar surface area (TPSA) is 111 Å². The molecule has 0 fully saturated rings. The van der Waals surface area contributed by atoms with Crippen molar-refractivity contribution < 1.29 is 42.1 Å². The minimum Gasteiger partial charge on any atom is -0.756 e. The van der Waals surface area contributed by atoms with E-state index >= 15 is 0 Å². The molecule has 10 heteroatoms. The number of carbonyl (C=O) groups excluding carboxylic acids is 2. The second-order valence-corrected chi connectivity index (χ2v) is 16.1. The number of carbonyl (C=O) groups is 2. The van der Waals surface area contributed by atoms with E-state index in [2.05, 4.69) is 38.2 Å². The van der Waals surface area contributed by atoms with Crippen molar-refractivity contribution in [2.75, 3.05) is 47.5 Å². The number of phosphoric acid groups is 1. The van der Waals surface area contributed by atoms with Crippen LogP contribution in [0.2, 0.25) is 0 Å². The molecule has 0 rings (SSSR count). The van der Waals surface area contributed by atoms with Gasteiger partial charge in [0.05, 0.1) is 27.7 Å². The van der Waals surface area contributed by atoms with Crippen molar-refractivity contribution >= 4 is 19.8 Å². The van der Waals surface area contributed by atoms with Gasteiger partial charge >= 0.3 is 11.9 Å². The van der Waals surface area contributed by atoms with Gasteiger partial charge in [-0.15, -0.1) is 0 Å². The summed E-state index contributed by atoms with van der Waals surface area (Å²) in [7, 11) is 1.16. The van der Waals surface area contributed by atoms with E-state index in [0.717, 1.165) is 57.8 Å². The monoisotopic (exact) mass is 730 g/mol. The molecule has 0 N–H and O–H groups in total. The number of unbranched alkanes of at least 4 members (excludes halogenated alkanes) is 19. The minimum absolute atomic E-state index is 0.0319. The second-order valence-electron chi connectivity index (χ2n) is 14.7. The van der Waals surface area contributed by atoms with Gasteiger partial charge in [0, 0.05) is 12.8 Å². The number of hydrogen-bond donors (Lipinski definition) is 0. The Labute approximate surface area is 307 Å². The van der Waals surface area contributed by atoms with Crippen LogP contribution in [-0.2, 0) is 32.7 Å². The molecule has 0 amide bonds. The Kier molecular flexibility index (Phi) is 32.3. The van der Waals surface area contributed by atoms with Crippen LogP contribution in [0, 0.1) is 0 Å². The third kappa shape index (κ3) is 36.3. The zero-order chi connectivity index (χ0) is 37.2. The standard InChI is InChI=1S/C40H76NO8P/c1-6-8-10-12-14-16-18-19-20-21-23-24-26-28-30-32-39(42)46-36-38(37-48-50(44,45)47-35-34-41(3,4)5)49-40(43)33-31-29-27-25-22-17-15-13-11-9-7-2/h16,18-20,38H,6-15,17,21-37H2,1-5H3/b18-16+,20-19+/t38-/m1/s1. The van der Waals surface area contributed by atoms with Crippen LogP contribution < -0.4 is 4.89 Å². The predicted octanol–water partition coefficient (Wildman–Crippen LogP) is 10.2. The lowest BCUT2D eigenvalue weighted by Gasteiger charge is -2.28. The summed E-state index contributed by atoms with van der Waals surface area (Å²) in [6.45, 7) is 4.17. The fraction of sp³-hybridized carbons (Fsp3) is 0.850. The Morgan fingerprint density at radius 2 is 1.06 bits per heavy atom. The van der Waals surface area contributed by atoms with E-state index in [4.69, 9.17) is 18.5 Å². The summed E-state index contributed by atoms with van der Waals surface area (Å²) >= 11 is 0. The van der Waals surface area contributed by atoms with E-state index in [-0.39, 0.29) is 26.1 Å². The van der Waals surface area contributed by atoms with E-state index < -0.39 is 32.5 Å². The van der Waals surface area contributed by atoms with Gasteiger partial charge in [-0.25, -0.2) is 0 Å².